The van der Waals surface area contributed by atoms with Crippen LogP contribution in [0.2, 0.25) is 0 Å². The Labute approximate surface area is 180 Å². The van der Waals surface area contributed by atoms with Gasteiger partial charge < -0.3 is 20.3 Å². The maximum atomic E-state index is 13.0. The van der Waals surface area contributed by atoms with Crippen LogP contribution in [-0.2, 0) is 20.7 Å². The van der Waals surface area contributed by atoms with E-state index in [0.29, 0.717) is 25.9 Å². The van der Waals surface area contributed by atoms with Gasteiger partial charge in [0.25, 0.3) is 5.91 Å². The first-order valence-corrected chi connectivity index (χ1v) is 10.3. The summed E-state index contributed by atoms with van der Waals surface area (Å²) in [5, 5.41) is 5.45. The highest BCUT2D eigenvalue weighted by atomic mass is 19.1. The van der Waals surface area contributed by atoms with E-state index in [4.69, 9.17) is 4.74 Å². The van der Waals surface area contributed by atoms with Gasteiger partial charge >= 0.3 is 5.97 Å². The second kappa shape index (κ2) is 10.1. The Hall–Kier alpha value is -3.42. The Morgan fingerprint density at radius 3 is 2.65 bits per heavy atom. The highest BCUT2D eigenvalue weighted by Gasteiger charge is 2.21. The van der Waals surface area contributed by atoms with Crippen molar-refractivity contribution in [2.45, 2.75) is 32.7 Å². The zero-order valence-corrected chi connectivity index (χ0v) is 17.6. The lowest BCUT2D eigenvalue weighted by Crippen LogP contribution is -2.40. The molecule has 164 valence electrons. The van der Waals surface area contributed by atoms with E-state index in [9.17, 15) is 18.8 Å². The first-order valence-electron chi connectivity index (χ1n) is 10.3. The second-order valence-electron chi connectivity index (χ2n) is 7.30. The van der Waals surface area contributed by atoms with Gasteiger partial charge in [-0.15, -0.1) is 0 Å². The van der Waals surface area contributed by atoms with Crippen LogP contribution in [0.15, 0.2) is 42.5 Å². The lowest BCUT2D eigenvalue weighted by atomic mass is 10.00. The van der Waals surface area contributed by atoms with Crippen molar-refractivity contribution >= 4 is 29.2 Å². The maximum Gasteiger partial charge on any atom is 0.328 e. The summed E-state index contributed by atoms with van der Waals surface area (Å²) in [4.78, 5) is 38.2. The number of benzene rings is 2. The van der Waals surface area contributed by atoms with Gasteiger partial charge in [-0.25, -0.2) is 9.18 Å². The molecule has 7 nitrogen and oxygen atoms in total. The third kappa shape index (κ3) is 5.59. The molecule has 0 unspecified atom stereocenters. The summed E-state index contributed by atoms with van der Waals surface area (Å²) in [5.41, 5.74) is 3.17. The Morgan fingerprint density at radius 1 is 1.19 bits per heavy atom. The van der Waals surface area contributed by atoms with Crippen LogP contribution in [0.1, 0.15) is 36.2 Å². The van der Waals surface area contributed by atoms with Gasteiger partial charge in [0.2, 0.25) is 5.91 Å². The molecule has 2 amide bonds. The van der Waals surface area contributed by atoms with Crippen LogP contribution in [0.5, 0.6) is 0 Å². The number of carbonyl (C=O) groups excluding carboxylic acids is 3. The van der Waals surface area contributed by atoms with Gasteiger partial charge in [0, 0.05) is 29.9 Å². The Bertz CT molecular complexity index is 962. The number of anilines is 2. The van der Waals surface area contributed by atoms with Gasteiger partial charge in [-0.3, -0.25) is 9.59 Å². The fourth-order valence-corrected chi connectivity index (χ4v) is 3.47. The monoisotopic (exact) mass is 427 g/mol. The standard InChI is InChI=1S/C23H26FN3O4/c1-3-27(20-6-4-5-19-18(20)11-12-21(28)26-19)13-14-31-23(30)15(2)25-22(29)16-7-9-17(24)10-8-16/h4-10,15H,3,11-14H2,1-2H3,(H,25,29)(H,26,28)/t15-/m0/s1. The molecule has 1 aliphatic heterocycles. The van der Waals surface area contributed by atoms with Crippen molar-refractivity contribution in [3.63, 3.8) is 0 Å². The minimum Gasteiger partial charge on any atom is -0.462 e. The quantitative estimate of drug-likeness (QED) is 0.633. The summed E-state index contributed by atoms with van der Waals surface area (Å²) in [7, 11) is 0. The highest BCUT2D eigenvalue weighted by molar-refractivity contribution is 5.97. The van der Waals surface area contributed by atoms with Crippen molar-refractivity contribution in [3.8, 4) is 0 Å². The van der Waals surface area contributed by atoms with E-state index in [0.717, 1.165) is 16.9 Å². The molecular weight excluding hydrogens is 401 g/mol. The Balaban J connectivity index is 1.53. The first-order chi connectivity index (χ1) is 14.9. The molecule has 2 aromatic carbocycles. The van der Waals surface area contributed by atoms with Gasteiger partial charge in [-0.1, -0.05) is 6.07 Å². The molecular formula is C23H26FN3O4. The third-order valence-corrected chi connectivity index (χ3v) is 5.16. The summed E-state index contributed by atoms with van der Waals surface area (Å²) < 4.78 is 18.3. The van der Waals surface area contributed by atoms with Crippen molar-refractivity contribution in [2.24, 2.45) is 0 Å². The molecule has 0 saturated carbocycles. The van der Waals surface area contributed by atoms with E-state index >= 15 is 0 Å². The van der Waals surface area contributed by atoms with Crippen LogP contribution < -0.4 is 15.5 Å². The molecule has 0 spiro atoms. The van der Waals surface area contributed by atoms with E-state index in [1.165, 1.54) is 31.2 Å². The summed E-state index contributed by atoms with van der Waals surface area (Å²) in [6.45, 7) is 4.88. The molecule has 0 radical (unpaired) electrons. The van der Waals surface area contributed by atoms with Crippen LogP contribution in [-0.4, -0.2) is 43.5 Å². The number of hydrogen-bond donors (Lipinski definition) is 2. The van der Waals surface area contributed by atoms with Gasteiger partial charge in [-0.2, -0.15) is 0 Å². The normalized spacial score (nSPS) is 13.6. The fourth-order valence-electron chi connectivity index (χ4n) is 3.47. The third-order valence-electron chi connectivity index (χ3n) is 5.16. The minimum absolute atomic E-state index is 0.0123. The number of esters is 1. The number of ether oxygens (including phenoxy) is 1. The van der Waals surface area contributed by atoms with Crippen molar-refractivity contribution in [1.29, 1.82) is 0 Å². The Kier molecular flexibility index (Phi) is 7.23. The second-order valence-corrected chi connectivity index (χ2v) is 7.30. The SMILES string of the molecule is CCN(CCOC(=O)[C@H](C)NC(=O)c1ccc(F)cc1)c1cccc2c1CCC(=O)N2. The van der Waals surface area contributed by atoms with E-state index in [-0.39, 0.29) is 18.1 Å². The Morgan fingerprint density at radius 2 is 1.94 bits per heavy atom. The van der Waals surface area contributed by atoms with Crippen LogP contribution in [0.4, 0.5) is 15.8 Å². The lowest BCUT2D eigenvalue weighted by molar-refractivity contribution is -0.145. The van der Waals surface area contributed by atoms with Gasteiger partial charge in [0.15, 0.2) is 0 Å². The summed E-state index contributed by atoms with van der Waals surface area (Å²) >= 11 is 0. The van der Waals surface area contributed by atoms with Crippen molar-refractivity contribution in [2.75, 3.05) is 29.9 Å². The van der Waals surface area contributed by atoms with Crippen LogP contribution in [0.25, 0.3) is 0 Å². The van der Waals surface area contributed by atoms with Crippen molar-refractivity contribution in [1.82, 2.24) is 5.32 Å². The lowest BCUT2D eigenvalue weighted by Gasteiger charge is -2.29. The highest BCUT2D eigenvalue weighted by Crippen LogP contribution is 2.31. The van der Waals surface area contributed by atoms with Crippen molar-refractivity contribution in [3.05, 3.63) is 59.4 Å². The molecule has 0 bridgehead atoms. The van der Waals surface area contributed by atoms with Gasteiger partial charge in [0.1, 0.15) is 18.5 Å². The fraction of sp³-hybridized carbons (Fsp3) is 0.348. The number of nitrogens with zero attached hydrogens (tertiary/aromatic N) is 1. The smallest absolute Gasteiger partial charge is 0.328 e. The minimum atomic E-state index is -0.840. The van der Waals surface area contributed by atoms with E-state index < -0.39 is 23.7 Å². The topological polar surface area (TPSA) is 87.7 Å². The average Bonchev–Trinajstić information content (AvgIpc) is 2.76. The number of nitrogens with one attached hydrogen (secondary N) is 2. The van der Waals surface area contributed by atoms with Crippen LogP contribution in [0, 0.1) is 5.82 Å². The predicted octanol–water partition coefficient (Wildman–Crippen LogP) is 2.90. The van der Waals surface area contributed by atoms with Crippen LogP contribution >= 0.6 is 0 Å². The zero-order chi connectivity index (χ0) is 22.4. The zero-order valence-electron chi connectivity index (χ0n) is 17.6. The molecule has 8 heteroatoms. The van der Waals surface area contributed by atoms with Gasteiger partial charge in [0.05, 0.1) is 6.54 Å². The number of carbonyl (C=O) groups is 3. The first kappa shape index (κ1) is 22.3. The number of fused-ring (bicyclic) bond motifs is 1. The molecule has 3 rings (SSSR count). The predicted molar refractivity (Wildman–Crippen MR) is 116 cm³/mol. The molecule has 0 aromatic heterocycles. The molecule has 2 aromatic rings. The molecule has 1 aliphatic rings. The van der Waals surface area contributed by atoms with E-state index in [1.54, 1.807) is 0 Å². The number of likely N-dealkylation sites (N-methyl/N-ethyl adjacent to an activating group) is 1. The number of halogens is 1. The number of rotatable bonds is 8. The van der Waals surface area contributed by atoms with Crippen LogP contribution in [0.3, 0.4) is 0 Å². The molecule has 1 heterocycles. The number of hydrogen-bond acceptors (Lipinski definition) is 5. The molecule has 0 fully saturated rings. The van der Waals surface area contributed by atoms with Gasteiger partial charge in [-0.05, 0) is 62.2 Å². The number of amides is 2. The summed E-state index contributed by atoms with van der Waals surface area (Å²) in [6.07, 6.45) is 1.11. The van der Waals surface area contributed by atoms with E-state index in [1.807, 2.05) is 25.1 Å². The molecule has 31 heavy (non-hydrogen) atoms. The average molecular weight is 427 g/mol. The van der Waals surface area contributed by atoms with E-state index in [2.05, 4.69) is 15.5 Å². The van der Waals surface area contributed by atoms with Crippen molar-refractivity contribution < 1.29 is 23.5 Å². The largest absolute Gasteiger partial charge is 0.462 e. The summed E-state index contributed by atoms with van der Waals surface area (Å²) in [5.74, 6) is -1.45. The summed E-state index contributed by atoms with van der Waals surface area (Å²) in [6, 6.07) is 10.0. The molecule has 0 aliphatic carbocycles. The maximum absolute atomic E-state index is 13.0. The molecule has 1 atom stereocenters. The molecule has 2 N–H and O–H groups in total. The molecule has 0 saturated heterocycles.